The number of hydrogen-bond donors (Lipinski definition) is 2. The molecule has 0 atom stereocenters. The van der Waals surface area contributed by atoms with Gasteiger partial charge in [-0.2, -0.15) is 0 Å². The van der Waals surface area contributed by atoms with Gasteiger partial charge in [0.25, 0.3) is 5.91 Å². The second-order valence-corrected chi connectivity index (χ2v) is 6.51. The van der Waals surface area contributed by atoms with Gasteiger partial charge in [0.15, 0.2) is 10.8 Å². The average Bonchev–Trinajstić information content (AvgIpc) is 2.74. The summed E-state index contributed by atoms with van der Waals surface area (Å²) in [5.41, 5.74) is 6.22. The SMILES string of the molecule is [NH]C(=O)/C(=N/O)c1csc(NC(=O)OCC(Cl)(Cl)Cl)n1. The first-order chi connectivity index (χ1) is 9.23. The summed E-state index contributed by atoms with van der Waals surface area (Å²) in [5, 5.41) is 14.8. The Morgan fingerprint density at radius 2 is 2.20 bits per heavy atom. The van der Waals surface area contributed by atoms with Gasteiger partial charge in [-0.3, -0.25) is 15.8 Å². The number of carbonyl (C=O) groups is 2. The zero-order chi connectivity index (χ0) is 15.3. The molecular formula is C8H6Cl3N4O4S. The smallest absolute Gasteiger partial charge is 0.413 e. The molecule has 1 radical (unpaired) electrons. The maximum Gasteiger partial charge on any atom is 0.413 e. The highest BCUT2D eigenvalue weighted by Gasteiger charge is 2.23. The Hall–Kier alpha value is -1.29. The quantitative estimate of drug-likeness (QED) is 0.368. The van der Waals surface area contributed by atoms with Crippen LogP contribution in [-0.4, -0.2) is 38.3 Å². The minimum Gasteiger partial charge on any atom is -0.445 e. The largest absolute Gasteiger partial charge is 0.445 e. The second-order valence-electron chi connectivity index (χ2n) is 3.13. The maximum absolute atomic E-state index is 11.3. The van der Waals surface area contributed by atoms with Crippen LogP contribution < -0.4 is 11.1 Å². The molecule has 1 aromatic heterocycles. The van der Waals surface area contributed by atoms with Gasteiger partial charge in [0, 0.05) is 5.38 Å². The van der Waals surface area contributed by atoms with E-state index in [0.717, 1.165) is 11.3 Å². The molecule has 1 rings (SSSR count). The maximum atomic E-state index is 11.3. The van der Waals surface area contributed by atoms with E-state index in [1.165, 1.54) is 5.38 Å². The van der Waals surface area contributed by atoms with Gasteiger partial charge in [-0.25, -0.2) is 9.78 Å². The van der Waals surface area contributed by atoms with E-state index < -0.39 is 28.1 Å². The van der Waals surface area contributed by atoms with Crippen molar-refractivity contribution >= 4 is 69.0 Å². The van der Waals surface area contributed by atoms with E-state index in [1.807, 2.05) is 0 Å². The highest BCUT2D eigenvalue weighted by atomic mass is 35.6. The summed E-state index contributed by atoms with van der Waals surface area (Å²) in [6.07, 6.45) is -0.920. The number of thiazole rings is 1. The van der Waals surface area contributed by atoms with Crippen LogP contribution in [0.1, 0.15) is 5.69 Å². The van der Waals surface area contributed by atoms with Gasteiger partial charge >= 0.3 is 6.09 Å². The highest BCUT2D eigenvalue weighted by molar-refractivity contribution is 7.14. The number of carbonyl (C=O) groups excluding carboxylic acids is 2. The molecule has 0 aliphatic heterocycles. The van der Waals surface area contributed by atoms with Gasteiger partial charge in [-0.1, -0.05) is 40.0 Å². The molecule has 0 aliphatic carbocycles. The molecule has 2 amide bonds. The summed E-state index contributed by atoms with van der Waals surface area (Å²) < 4.78 is 2.85. The van der Waals surface area contributed by atoms with Gasteiger partial charge in [0.1, 0.15) is 12.3 Å². The first-order valence-electron chi connectivity index (χ1n) is 4.67. The van der Waals surface area contributed by atoms with Crippen LogP contribution in [0.5, 0.6) is 0 Å². The monoisotopic (exact) mass is 359 g/mol. The third-order valence-corrected chi connectivity index (χ3v) is 2.72. The Labute approximate surface area is 131 Å². The predicted molar refractivity (Wildman–Crippen MR) is 73.8 cm³/mol. The lowest BCUT2D eigenvalue weighted by Gasteiger charge is -2.10. The molecular weight excluding hydrogens is 355 g/mol. The standard InChI is InChI=1S/C8H6Cl3N4O4S/c9-8(10,11)2-19-7(17)14-6-13-3(1-20-6)4(15-18)5(12)16/h1,12,18H,2H2,(H,13,14,17)/b15-4+. The van der Waals surface area contributed by atoms with Crippen molar-refractivity contribution < 1.29 is 19.5 Å². The van der Waals surface area contributed by atoms with Crippen molar-refractivity contribution in [2.24, 2.45) is 5.16 Å². The molecule has 1 heterocycles. The number of alkyl halides is 3. The molecule has 0 aliphatic rings. The first kappa shape index (κ1) is 16.8. The minimum atomic E-state index is -1.74. The Morgan fingerprint density at radius 3 is 2.70 bits per heavy atom. The number of nitrogens with zero attached hydrogens (tertiary/aromatic N) is 2. The van der Waals surface area contributed by atoms with Crippen LogP contribution in [0.3, 0.4) is 0 Å². The van der Waals surface area contributed by atoms with E-state index in [-0.39, 0.29) is 10.8 Å². The second kappa shape index (κ2) is 6.93. The van der Waals surface area contributed by atoms with Crippen molar-refractivity contribution in [1.82, 2.24) is 10.7 Å². The number of rotatable bonds is 4. The normalized spacial score (nSPS) is 12.1. The Kier molecular flexibility index (Phi) is 5.81. The van der Waals surface area contributed by atoms with Crippen LogP contribution in [0.25, 0.3) is 0 Å². The van der Waals surface area contributed by atoms with E-state index in [1.54, 1.807) is 0 Å². The molecule has 109 valence electrons. The number of amides is 2. The van der Waals surface area contributed by atoms with Crippen molar-refractivity contribution in [3.63, 3.8) is 0 Å². The number of ether oxygens (including phenoxy) is 1. The Balaban J connectivity index is 2.65. The number of halogens is 3. The molecule has 12 heteroatoms. The topological polar surface area (TPSA) is 125 Å². The zero-order valence-electron chi connectivity index (χ0n) is 9.39. The molecule has 3 N–H and O–H groups in total. The van der Waals surface area contributed by atoms with Gasteiger partial charge in [-0.05, 0) is 0 Å². The summed E-state index contributed by atoms with van der Waals surface area (Å²) in [7, 11) is 0. The fourth-order valence-electron chi connectivity index (χ4n) is 0.924. The summed E-state index contributed by atoms with van der Waals surface area (Å²) in [5.74, 6) is -1.22. The molecule has 0 unspecified atom stereocenters. The van der Waals surface area contributed by atoms with Crippen molar-refractivity contribution in [2.45, 2.75) is 3.79 Å². The molecule has 1 aromatic rings. The molecule has 20 heavy (non-hydrogen) atoms. The summed E-state index contributed by atoms with van der Waals surface area (Å²) in [4.78, 5) is 25.9. The van der Waals surface area contributed by atoms with E-state index >= 15 is 0 Å². The van der Waals surface area contributed by atoms with Crippen LogP contribution in [0.15, 0.2) is 10.5 Å². The molecule has 0 saturated heterocycles. The molecule has 0 fully saturated rings. The zero-order valence-corrected chi connectivity index (χ0v) is 12.5. The third-order valence-electron chi connectivity index (χ3n) is 1.64. The predicted octanol–water partition coefficient (Wildman–Crippen LogP) is 2.05. The van der Waals surface area contributed by atoms with Crippen LogP contribution in [0, 0.1) is 0 Å². The number of anilines is 1. The molecule has 8 nitrogen and oxygen atoms in total. The fraction of sp³-hybridized carbons (Fsp3) is 0.250. The lowest BCUT2D eigenvalue weighted by Crippen LogP contribution is -2.21. The van der Waals surface area contributed by atoms with Gasteiger partial charge < -0.3 is 9.94 Å². The summed E-state index contributed by atoms with van der Waals surface area (Å²) in [6.45, 7) is -0.462. The lowest BCUT2D eigenvalue weighted by molar-refractivity contribution is -0.112. The van der Waals surface area contributed by atoms with Crippen molar-refractivity contribution in [2.75, 3.05) is 11.9 Å². The third kappa shape index (κ3) is 5.37. The average molecular weight is 361 g/mol. The van der Waals surface area contributed by atoms with Gasteiger partial charge in [0.2, 0.25) is 3.79 Å². The molecule has 0 saturated carbocycles. The van der Waals surface area contributed by atoms with Crippen LogP contribution in [0.4, 0.5) is 9.93 Å². The van der Waals surface area contributed by atoms with E-state index in [2.05, 4.69) is 20.2 Å². The fourth-order valence-corrected chi connectivity index (χ4v) is 1.77. The lowest BCUT2D eigenvalue weighted by atomic mass is 10.3. The van der Waals surface area contributed by atoms with Gasteiger partial charge in [0.05, 0.1) is 0 Å². The van der Waals surface area contributed by atoms with E-state index in [9.17, 15) is 9.59 Å². The Bertz CT molecular complexity index is 542. The first-order valence-corrected chi connectivity index (χ1v) is 6.68. The highest BCUT2D eigenvalue weighted by Crippen LogP contribution is 2.26. The number of aromatic nitrogens is 1. The van der Waals surface area contributed by atoms with Crippen molar-refractivity contribution in [1.29, 1.82) is 0 Å². The number of oxime groups is 1. The summed E-state index contributed by atoms with van der Waals surface area (Å²) in [6, 6.07) is 0. The summed E-state index contributed by atoms with van der Waals surface area (Å²) >= 11 is 17.1. The molecule has 0 spiro atoms. The number of hydrogen-bond acceptors (Lipinski definition) is 7. The van der Waals surface area contributed by atoms with E-state index in [4.69, 9.17) is 45.7 Å². The van der Waals surface area contributed by atoms with Crippen molar-refractivity contribution in [3.8, 4) is 0 Å². The minimum absolute atomic E-state index is 0.0525. The van der Waals surface area contributed by atoms with Gasteiger partial charge in [-0.15, -0.1) is 11.3 Å². The molecule has 0 aromatic carbocycles. The van der Waals surface area contributed by atoms with Crippen LogP contribution in [-0.2, 0) is 9.53 Å². The van der Waals surface area contributed by atoms with Crippen LogP contribution >= 0.6 is 46.1 Å². The number of nitrogens with one attached hydrogen (secondary N) is 2. The van der Waals surface area contributed by atoms with Crippen molar-refractivity contribution in [3.05, 3.63) is 11.1 Å². The van der Waals surface area contributed by atoms with E-state index in [0.29, 0.717) is 0 Å². The molecule has 0 bridgehead atoms. The van der Waals surface area contributed by atoms with Crippen LogP contribution in [0.2, 0.25) is 0 Å². The Morgan fingerprint density at radius 1 is 1.55 bits per heavy atom.